The van der Waals surface area contributed by atoms with E-state index in [-0.39, 0.29) is 70.9 Å². The Morgan fingerprint density at radius 1 is 0.330 bits per heavy atom. The maximum Gasteiger partial charge on any atom is 3.00 e. The molecule has 12 nitrogen and oxygen atoms in total. The monoisotopic (exact) mass is 1420 g/mol. The Balaban J connectivity index is 0.000000161. The van der Waals surface area contributed by atoms with E-state index >= 15 is 0 Å². The number of hydrogen-bond acceptors (Lipinski definition) is 6. The van der Waals surface area contributed by atoms with Crippen LogP contribution in [0.5, 0.6) is 0 Å². The molecule has 6 aromatic carbocycles. The molecule has 9 aromatic rings. The average molecular weight is 1420 g/mol. The van der Waals surface area contributed by atoms with Crippen LogP contribution >= 0.6 is 0 Å². The van der Waals surface area contributed by atoms with Gasteiger partial charge in [-0.2, -0.15) is 108 Å². The zero-order chi connectivity index (χ0) is 65.0. The summed E-state index contributed by atoms with van der Waals surface area (Å²) in [4.78, 5) is 23.1. The second kappa shape index (κ2) is 24.8. The molecule has 0 saturated carbocycles. The van der Waals surface area contributed by atoms with Crippen LogP contribution in [0.4, 0.5) is 91.1 Å². The van der Waals surface area contributed by atoms with Gasteiger partial charge in [-0.05, 0) is 0 Å². The molecule has 3 aliphatic heterocycles. The summed E-state index contributed by atoms with van der Waals surface area (Å²) in [6.07, 6.45) is -14.0. The molecule has 0 fully saturated rings. The minimum Gasteiger partial charge on any atom is -0.217 e. The van der Waals surface area contributed by atoms with E-state index in [2.05, 4.69) is 128 Å². The van der Waals surface area contributed by atoms with Crippen LogP contribution in [0.1, 0.15) is 96.5 Å². The Labute approximate surface area is 533 Å². The van der Waals surface area contributed by atoms with Gasteiger partial charge in [-0.1, -0.05) is 215 Å². The first kappa shape index (κ1) is 66.1. The van der Waals surface area contributed by atoms with Gasteiger partial charge in [0, 0.05) is 16.7 Å². The molecule has 3 aliphatic rings. The van der Waals surface area contributed by atoms with Gasteiger partial charge < -0.3 is 0 Å². The summed E-state index contributed by atoms with van der Waals surface area (Å²) in [6.45, 7) is 18.8. The maximum absolute atomic E-state index is 13.6. The van der Waals surface area contributed by atoms with Gasteiger partial charge in [0.05, 0.1) is 0 Å². The summed E-state index contributed by atoms with van der Waals surface area (Å²) < 4.78 is 132. The van der Waals surface area contributed by atoms with E-state index in [0.29, 0.717) is 50.8 Å². The van der Waals surface area contributed by atoms with Crippen LogP contribution in [0, 0.1) is 18.2 Å². The van der Waals surface area contributed by atoms with Crippen LogP contribution in [-0.4, -0.2) is 82.8 Å². The molecule has 0 spiro atoms. The smallest absolute Gasteiger partial charge is 0.217 e. The minimum atomic E-state index is -4.68. The molecule has 0 saturated heterocycles. The van der Waals surface area contributed by atoms with Crippen LogP contribution in [0.25, 0.3) is 33.8 Å². The van der Waals surface area contributed by atoms with Gasteiger partial charge >= 0.3 is 91.2 Å². The fraction of sp³-hybridized carbons (Fsp3) is 0.261. The Kier molecular flexibility index (Phi) is 18.1. The van der Waals surface area contributed by atoms with Crippen LogP contribution in [0.15, 0.2) is 146 Å². The van der Waals surface area contributed by atoms with Crippen molar-refractivity contribution in [1.29, 1.82) is 0 Å². The fourth-order valence-corrected chi connectivity index (χ4v) is 9.81. The molecule has 22 heteroatoms. The number of fused-ring (bicyclic) bond motifs is 3. The predicted octanol–water partition coefficient (Wildman–Crippen LogP) is 16.7. The topological polar surface area (TPSA) is 95.4 Å². The SMILES string of the molecule is C[N+]1=C=[N+](c2[c-]cc(C(C)(C)C)cc2)c2nc(C(F)(F)F)nc(-c3ccccc3)c21.C[N+]1=C=[N+](c2[c-]cc(C(C)(C)C)cc2)c2nc(C(F)(F)F)nc(-c3ccccc3)c21.C[N+]1=C=[N+](c2[c-]cc(C(C)(C)C)cc2)c2nc(C(F)(F)F)nc(-c3ccccc3)c21.[Ir+3]. The second-order valence-corrected chi connectivity index (χ2v) is 24.4. The normalized spacial score (nSPS) is 13.5. The third kappa shape index (κ3) is 14.0. The van der Waals surface area contributed by atoms with Crippen molar-refractivity contribution < 1.29 is 73.3 Å². The molecule has 462 valence electrons. The van der Waals surface area contributed by atoms with Gasteiger partial charge in [0.15, 0.2) is 38.2 Å². The van der Waals surface area contributed by atoms with E-state index in [1.54, 1.807) is 126 Å². The zero-order valence-corrected chi connectivity index (χ0v) is 53.9. The summed E-state index contributed by atoms with van der Waals surface area (Å²) >= 11 is 0. The van der Waals surface area contributed by atoms with Crippen molar-refractivity contribution in [1.82, 2.24) is 43.6 Å². The van der Waals surface area contributed by atoms with Crippen LogP contribution in [-0.2, 0) is 54.9 Å². The van der Waals surface area contributed by atoms with Crippen molar-refractivity contribution in [3.8, 4) is 33.8 Å². The van der Waals surface area contributed by atoms with Crippen molar-refractivity contribution in [3.05, 3.63) is 198 Å². The maximum atomic E-state index is 13.6. The van der Waals surface area contributed by atoms with Gasteiger partial charge in [-0.15, -0.1) is 18.2 Å². The molecule has 0 aliphatic carbocycles. The number of halogens is 9. The van der Waals surface area contributed by atoms with Crippen LogP contribution in [0.2, 0.25) is 0 Å². The number of rotatable bonds is 6. The first-order valence-corrected chi connectivity index (χ1v) is 28.3. The van der Waals surface area contributed by atoms with E-state index in [9.17, 15) is 39.5 Å². The quantitative estimate of drug-likeness (QED) is 0.0935. The van der Waals surface area contributed by atoms with E-state index in [1.807, 2.05) is 54.6 Å². The Bertz CT molecular complexity index is 4010. The summed E-state index contributed by atoms with van der Waals surface area (Å²) in [6, 6.07) is 61.7. The minimum absolute atomic E-state index is 0. The van der Waals surface area contributed by atoms with E-state index in [4.69, 9.17) is 0 Å². The van der Waals surface area contributed by atoms with Crippen molar-refractivity contribution in [3.63, 3.8) is 0 Å². The van der Waals surface area contributed by atoms with Crippen molar-refractivity contribution in [2.45, 2.75) is 97.1 Å². The molecule has 0 N–H and O–H groups in total. The number of aromatic nitrogens is 6. The largest absolute Gasteiger partial charge is 3.00 e. The van der Waals surface area contributed by atoms with Crippen molar-refractivity contribution in [2.24, 2.45) is 0 Å². The number of nitrogens with zero attached hydrogens (tertiary/aromatic N) is 12. The first-order chi connectivity index (χ1) is 42.2. The molecule has 12 rings (SSSR count). The van der Waals surface area contributed by atoms with Crippen molar-refractivity contribution in [2.75, 3.05) is 21.1 Å². The van der Waals surface area contributed by atoms with Crippen LogP contribution < -0.4 is 13.7 Å². The molecule has 0 radical (unpaired) electrons. The van der Waals surface area contributed by atoms with Gasteiger partial charge in [-0.25, -0.2) is 15.0 Å². The molecule has 3 aromatic heterocycles. The van der Waals surface area contributed by atoms with Gasteiger partial charge in [0.25, 0.3) is 0 Å². The fourth-order valence-electron chi connectivity index (χ4n) is 9.81. The Morgan fingerprint density at radius 2 is 0.560 bits per heavy atom. The van der Waals surface area contributed by atoms with Gasteiger partial charge in [0.1, 0.15) is 17.1 Å². The average Bonchev–Trinajstić information content (AvgIpc) is 1.68. The second-order valence-electron chi connectivity index (χ2n) is 24.4. The number of benzene rings is 6. The third-order valence-electron chi connectivity index (χ3n) is 14.6. The standard InChI is InChI=1S/3C23H20F3N4.Ir/c3*1-22(2,3)16-10-12-17(13-11-16)30-14-29(4)19-18(15-8-6-5-7-9-15)27-21(23(24,25)26)28-20(19)30;/h3*5-12H,1-4H3;/q3*+1;+3. The number of alkyl halides is 9. The molecular weight excluding hydrogens is 1360 g/mol. The first-order valence-electron chi connectivity index (χ1n) is 28.3. The molecule has 91 heavy (non-hydrogen) atoms. The van der Waals surface area contributed by atoms with E-state index < -0.39 is 36.0 Å². The summed E-state index contributed by atoms with van der Waals surface area (Å²) in [5.41, 5.74) is 8.42. The summed E-state index contributed by atoms with van der Waals surface area (Å²) in [5, 5.41) is 0. The van der Waals surface area contributed by atoms with Crippen LogP contribution in [0.3, 0.4) is 0 Å². The zero-order valence-electron chi connectivity index (χ0n) is 51.5. The molecular formula is C69H60F9IrN12+6. The predicted molar refractivity (Wildman–Crippen MR) is 326 cm³/mol. The molecule has 0 amide bonds. The molecule has 0 bridgehead atoms. The van der Waals surface area contributed by atoms with Gasteiger partial charge in [0.2, 0.25) is 17.5 Å². The van der Waals surface area contributed by atoms with Gasteiger partial charge in [-0.3, -0.25) is 0 Å². The molecule has 0 unspecified atom stereocenters. The van der Waals surface area contributed by atoms with E-state index in [1.165, 1.54) is 13.7 Å². The third-order valence-corrected chi connectivity index (χ3v) is 14.6. The Hall–Kier alpha value is -9.28. The molecule has 0 atom stereocenters. The number of hydrogen-bond donors (Lipinski definition) is 0. The summed E-state index contributed by atoms with van der Waals surface area (Å²) in [7, 11) is 5.14. The Morgan fingerprint density at radius 3 is 0.747 bits per heavy atom. The van der Waals surface area contributed by atoms with Crippen molar-refractivity contribution >= 4 is 69.6 Å². The van der Waals surface area contributed by atoms with E-state index in [0.717, 1.165) is 16.7 Å². The molecule has 6 heterocycles. The summed E-state index contributed by atoms with van der Waals surface area (Å²) in [5.74, 6) is -3.19.